The van der Waals surface area contributed by atoms with Gasteiger partial charge in [-0.2, -0.15) is 0 Å². The smallest absolute Gasteiger partial charge is 0.160 e. The Morgan fingerprint density at radius 2 is 0.709 bits per heavy atom. The fourth-order valence-corrected chi connectivity index (χ4v) is 7.72. The Morgan fingerprint density at radius 1 is 0.309 bits per heavy atom. The fourth-order valence-electron chi connectivity index (χ4n) is 7.72. The van der Waals surface area contributed by atoms with Crippen molar-refractivity contribution in [1.82, 2.24) is 14.5 Å². The third-order valence-corrected chi connectivity index (χ3v) is 10.4. The number of fused-ring (bicyclic) bond motifs is 3. The summed E-state index contributed by atoms with van der Waals surface area (Å²) in [5, 5.41) is 1.10. The minimum Gasteiger partial charge on any atom is -0.306 e. The summed E-state index contributed by atoms with van der Waals surface area (Å²) in [7, 11) is 0. The van der Waals surface area contributed by atoms with Crippen LogP contribution >= 0.6 is 0 Å². The Bertz CT molecular complexity index is 2960. The van der Waals surface area contributed by atoms with E-state index in [9.17, 15) is 0 Å². The molecule has 0 N–H and O–H groups in total. The highest BCUT2D eigenvalue weighted by Gasteiger charge is 2.21. The number of benzene rings is 8. The van der Waals surface area contributed by atoms with E-state index in [1.807, 2.05) is 6.07 Å². The van der Waals surface area contributed by atoms with Crippen molar-refractivity contribution in [2.45, 2.75) is 0 Å². The van der Waals surface area contributed by atoms with Crippen LogP contribution < -0.4 is 0 Å². The highest BCUT2D eigenvalue weighted by Crippen LogP contribution is 2.39. The van der Waals surface area contributed by atoms with Crippen LogP contribution in [0, 0.1) is 0 Å². The topological polar surface area (TPSA) is 30.7 Å². The predicted octanol–water partition coefficient (Wildman–Crippen LogP) is 13.6. The Labute approximate surface area is 320 Å². The molecule has 0 aliphatic carbocycles. The number of nitrogens with zero attached hydrogens (tertiary/aromatic N) is 3. The molecule has 258 valence electrons. The van der Waals surface area contributed by atoms with Crippen molar-refractivity contribution >= 4 is 21.9 Å². The second kappa shape index (κ2) is 13.9. The van der Waals surface area contributed by atoms with Crippen LogP contribution in [0.1, 0.15) is 0 Å². The van der Waals surface area contributed by atoms with Gasteiger partial charge in [-0.3, -0.25) is 0 Å². The van der Waals surface area contributed by atoms with Crippen LogP contribution in [-0.2, 0) is 0 Å². The number of rotatable bonds is 7. The standard InChI is InChI=1S/C52H35N3/c1-4-16-36(17-5-1)38-20-12-21-39(32-38)40-22-13-23-41(33-40)42-24-14-25-43(34-42)44-26-15-27-45(35-44)52-53-49(37-18-6-2-7-19-37)51-50(54-52)47-30-10-11-31-48(47)55(51)46-28-8-3-9-29-46/h1-35H. The first-order chi connectivity index (χ1) is 27.3. The Morgan fingerprint density at radius 3 is 1.25 bits per heavy atom. The van der Waals surface area contributed by atoms with E-state index in [0.29, 0.717) is 5.82 Å². The maximum atomic E-state index is 5.35. The summed E-state index contributed by atoms with van der Waals surface area (Å²) in [6.45, 7) is 0. The lowest BCUT2D eigenvalue weighted by Crippen LogP contribution is -1.99. The first-order valence-electron chi connectivity index (χ1n) is 18.7. The summed E-state index contributed by atoms with van der Waals surface area (Å²) in [5.41, 5.74) is 16.5. The molecule has 0 spiro atoms. The molecular formula is C52H35N3. The molecule has 0 fully saturated rings. The number of hydrogen-bond donors (Lipinski definition) is 0. The molecule has 0 radical (unpaired) electrons. The van der Waals surface area contributed by atoms with E-state index >= 15 is 0 Å². The van der Waals surface area contributed by atoms with Gasteiger partial charge in [-0.1, -0.05) is 170 Å². The molecule has 2 aromatic heterocycles. The minimum absolute atomic E-state index is 0.700. The lowest BCUT2D eigenvalue weighted by molar-refractivity contribution is 1.15. The van der Waals surface area contributed by atoms with Gasteiger partial charge in [-0.15, -0.1) is 0 Å². The van der Waals surface area contributed by atoms with Gasteiger partial charge in [0.2, 0.25) is 0 Å². The van der Waals surface area contributed by atoms with Crippen LogP contribution in [0.25, 0.3) is 94.8 Å². The molecule has 0 saturated carbocycles. The molecule has 0 aliphatic heterocycles. The molecule has 10 rings (SSSR count). The van der Waals surface area contributed by atoms with Crippen molar-refractivity contribution in [2.75, 3.05) is 0 Å². The third-order valence-electron chi connectivity index (χ3n) is 10.4. The summed E-state index contributed by atoms with van der Waals surface area (Å²) in [4.78, 5) is 10.7. The van der Waals surface area contributed by atoms with Crippen molar-refractivity contribution < 1.29 is 0 Å². The monoisotopic (exact) mass is 701 g/mol. The summed E-state index contributed by atoms with van der Waals surface area (Å²) in [6, 6.07) is 75.1. The average molecular weight is 702 g/mol. The van der Waals surface area contributed by atoms with Gasteiger partial charge in [0, 0.05) is 22.2 Å². The van der Waals surface area contributed by atoms with Crippen molar-refractivity contribution in [3.8, 4) is 72.8 Å². The van der Waals surface area contributed by atoms with Gasteiger partial charge in [-0.25, -0.2) is 9.97 Å². The maximum absolute atomic E-state index is 5.35. The third kappa shape index (κ3) is 6.08. The number of aromatic nitrogens is 3. The van der Waals surface area contributed by atoms with Crippen molar-refractivity contribution in [2.24, 2.45) is 0 Å². The van der Waals surface area contributed by atoms with E-state index in [4.69, 9.17) is 9.97 Å². The Kier molecular flexibility index (Phi) is 8.16. The molecular weight excluding hydrogens is 667 g/mol. The van der Waals surface area contributed by atoms with E-state index < -0.39 is 0 Å². The molecule has 3 nitrogen and oxygen atoms in total. The summed E-state index contributed by atoms with van der Waals surface area (Å²) < 4.78 is 2.30. The van der Waals surface area contributed by atoms with Crippen molar-refractivity contribution in [1.29, 1.82) is 0 Å². The average Bonchev–Trinajstić information content (AvgIpc) is 3.61. The maximum Gasteiger partial charge on any atom is 0.160 e. The van der Waals surface area contributed by atoms with Gasteiger partial charge in [0.15, 0.2) is 5.82 Å². The summed E-state index contributed by atoms with van der Waals surface area (Å²) >= 11 is 0. The van der Waals surface area contributed by atoms with Gasteiger partial charge in [0.1, 0.15) is 5.52 Å². The molecule has 0 unspecified atom stereocenters. The number of para-hydroxylation sites is 2. The fraction of sp³-hybridized carbons (Fsp3) is 0. The second-order valence-corrected chi connectivity index (χ2v) is 13.8. The van der Waals surface area contributed by atoms with Gasteiger partial charge in [-0.05, 0) is 87.0 Å². The molecule has 0 aliphatic rings. The largest absolute Gasteiger partial charge is 0.306 e. The van der Waals surface area contributed by atoms with E-state index in [1.165, 1.54) is 33.4 Å². The lowest BCUT2D eigenvalue weighted by Gasteiger charge is -2.13. The Balaban J connectivity index is 1.06. The molecule has 8 aromatic carbocycles. The molecule has 0 amide bonds. The molecule has 0 saturated heterocycles. The van der Waals surface area contributed by atoms with E-state index in [2.05, 4.69) is 211 Å². The minimum atomic E-state index is 0.700. The molecule has 3 heteroatoms. The second-order valence-electron chi connectivity index (χ2n) is 13.8. The molecule has 0 bridgehead atoms. The van der Waals surface area contributed by atoms with Crippen LogP contribution in [0.3, 0.4) is 0 Å². The van der Waals surface area contributed by atoms with E-state index in [-0.39, 0.29) is 0 Å². The zero-order valence-electron chi connectivity index (χ0n) is 30.0. The SMILES string of the molecule is c1ccc(-c2cccc(-c3cccc(-c4cccc(-c5cccc(-c6nc(-c7ccccc7)c7c(n6)c6ccccc6n7-c6ccccc6)c5)c4)c3)c2)cc1. The highest BCUT2D eigenvalue weighted by atomic mass is 15.0. The van der Waals surface area contributed by atoms with Crippen LogP contribution in [0.4, 0.5) is 0 Å². The zero-order chi connectivity index (χ0) is 36.6. The zero-order valence-corrected chi connectivity index (χ0v) is 30.0. The van der Waals surface area contributed by atoms with Crippen LogP contribution in [0.2, 0.25) is 0 Å². The van der Waals surface area contributed by atoms with Crippen molar-refractivity contribution in [3.63, 3.8) is 0 Å². The van der Waals surface area contributed by atoms with Crippen LogP contribution in [-0.4, -0.2) is 14.5 Å². The van der Waals surface area contributed by atoms with E-state index in [1.54, 1.807) is 0 Å². The van der Waals surface area contributed by atoms with Gasteiger partial charge < -0.3 is 4.57 Å². The van der Waals surface area contributed by atoms with Gasteiger partial charge >= 0.3 is 0 Å². The first-order valence-corrected chi connectivity index (χ1v) is 18.7. The molecule has 2 heterocycles. The number of hydrogen-bond acceptors (Lipinski definition) is 2. The molecule has 10 aromatic rings. The van der Waals surface area contributed by atoms with Crippen LogP contribution in [0.5, 0.6) is 0 Å². The van der Waals surface area contributed by atoms with E-state index in [0.717, 1.165) is 55.6 Å². The van der Waals surface area contributed by atoms with Crippen molar-refractivity contribution in [3.05, 3.63) is 212 Å². The Hall–Kier alpha value is -7.36. The first kappa shape index (κ1) is 32.3. The lowest BCUT2D eigenvalue weighted by atomic mass is 9.94. The van der Waals surface area contributed by atoms with Gasteiger partial charge in [0.25, 0.3) is 0 Å². The normalized spacial score (nSPS) is 11.3. The highest BCUT2D eigenvalue weighted by molar-refractivity contribution is 6.11. The molecule has 55 heavy (non-hydrogen) atoms. The van der Waals surface area contributed by atoms with Gasteiger partial charge in [0.05, 0.1) is 16.7 Å². The quantitative estimate of drug-likeness (QED) is 0.166. The predicted molar refractivity (Wildman–Crippen MR) is 229 cm³/mol. The summed E-state index contributed by atoms with van der Waals surface area (Å²) in [5.74, 6) is 0.700. The summed E-state index contributed by atoms with van der Waals surface area (Å²) in [6.07, 6.45) is 0. The molecule has 0 atom stereocenters. The van der Waals surface area contributed by atoms with Crippen LogP contribution in [0.15, 0.2) is 212 Å².